The lowest BCUT2D eigenvalue weighted by Crippen LogP contribution is -2.25. The van der Waals surface area contributed by atoms with Gasteiger partial charge in [0.25, 0.3) is 0 Å². The second-order valence-corrected chi connectivity index (χ2v) is 9.26. The van der Waals surface area contributed by atoms with E-state index in [-0.39, 0.29) is 5.41 Å². The highest BCUT2D eigenvalue weighted by molar-refractivity contribution is 7.41. The first kappa shape index (κ1) is 23.4. The minimum atomic E-state index is -2.47. The van der Waals surface area contributed by atoms with Gasteiger partial charge in [-0.3, -0.25) is 4.79 Å². The van der Waals surface area contributed by atoms with Gasteiger partial charge in [-0.05, 0) is 22.8 Å². The maximum absolute atomic E-state index is 12.6. The van der Waals surface area contributed by atoms with Crippen molar-refractivity contribution < 1.29 is 28.3 Å². The van der Waals surface area contributed by atoms with E-state index in [1.54, 1.807) is 0 Å². The number of ether oxygens (including phenoxy) is 1. The highest BCUT2D eigenvalue weighted by atomic mass is 31.2. The Morgan fingerprint density at radius 1 is 1.11 bits per heavy atom. The molecule has 1 aromatic rings. The number of hydrogen-bond acceptors (Lipinski definition) is 6. The molecule has 0 aliphatic carbocycles. The van der Waals surface area contributed by atoms with E-state index in [2.05, 4.69) is 0 Å². The lowest BCUT2D eigenvalue weighted by Gasteiger charge is -2.32. The molecule has 1 aromatic carbocycles. The summed E-state index contributed by atoms with van der Waals surface area (Å²) in [6, 6.07) is 1.91. The molecule has 7 heteroatoms. The number of rotatable bonds is 5. The van der Waals surface area contributed by atoms with Gasteiger partial charge in [0.1, 0.15) is 5.75 Å². The van der Waals surface area contributed by atoms with Crippen molar-refractivity contribution in [1.82, 2.24) is 0 Å². The Kier molecular flexibility index (Phi) is 7.43. The van der Waals surface area contributed by atoms with Crippen molar-refractivity contribution in [3.8, 4) is 5.75 Å². The third-order valence-corrected chi connectivity index (χ3v) is 4.82. The van der Waals surface area contributed by atoms with Crippen molar-refractivity contribution in [2.24, 2.45) is 0 Å². The average Bonchev–Trinajstić information content (AvgIpc) is 2.50. The third-order valence-electron chi connectivity index (χ3n) is 4.07. The fourth-order valence-corrected chi connectivity index (χ4v) is 3.51. The van der Waals surface area contributed by atoms with Gasteiger partial charge in [0, 0.05) is 18.1 Å². The lowest BCUT2D eigenvalue weighted by molar-refractivity contribution is -0.132. The van der Waals surface area contributed by atoms with Crippen molar-refractivity contribution in [2.75, 3.05) is 7.11 Å². The molecular weight excluding hydrogens is 367 g/mol. The topological polar surface area (TPSA) is 82.1 Å². The molecule has 0 aliphatic rings. The molecule has 0 aromatic heterocycles. The van der Waals surface area contributed by atoms with Crippen LogP contribution >= 0.6 is 8.60 Å². The van der Waals surface area contributed by atoms with Gasteiger partial charge in [-0.1, -0.05) is 54.5 Å². The van der Waals surface area contributed by atoms with Gasteiger partial charge in [0.05, 0.1) is 12.7 Å². The smallest absolute Gasteiger partial charge is 0.462 e. The maximum Gasteiger partial charge on any atom is 0.462 e. The number of carbonyl (C=O) groups is 2. The van der Waals surface area contributed by atoms with Crippen LogP contribution in [0.5, 0.6) is 5.75 Å². The number of carbonyl (C=O) groups excluding carboxylic acids is 2. The molecule has 1 N–H and O–H groups in total. The summed E-state index contributed by atoms with van der Waals surface area (Å²) in [5.41, 5.74) is 1.91. The Morgan fingerprint density at radius 2 is 1.67 bits per heavy atom. The van der Waals surface area contributed by atoms with Gasteiger partial charge in [-0.15, -0.1) is 0 Å². The molecule has 0 aliphatic heterocycles. The van der Waals surface area contributed by atoms with Gasteiger partial charge >= 0.3 is 20.5 Å². The highest BCUT2D eigenvalue weighted by Crippen LogP contribution is 2.48. The van der Waals surface area contributed by atoms with Crippen molar-refractivity contribution >= 4 is 20.5 Å². The summed E-state index contributed by atoms with van der Waals surface area (Å²) in [6.07, 6.45) is 0.634. The monoisotopic (exact) mass is 398 g/mol. The van der Waals surface area contributed by atoms with Gasteiger partial charge in [0.15, 0.2) is 0 Å². The Bertz CT molecular complexity index is 713. The summed E-state index contributed by atoms with van der Waals surface area (Å²) < 4.78 is 15.6. The minimum absolute atomic E-state index is 0.333. The highest BCUT2D eigenvalue weighted by Gasteiger charge is 2.35. The van der Waals surface area contributed by atoms with E-state index >= 15 is 0 Å². The zero-order valence-electron chi connectivity index (χ0n) is 17.7. The van der Waals surface area contributed by atoms with Crippen LogP contribution in [0.15, 0.2) is 6.07 Å². The van der Waals surface area contributed by atoms with Crippen LogP contribution in [0.25, 0.3) is 0 Å². The zero-order valence-corrected chi connectivity index (χ0v) is 18.6. The Morgan fingerprint density at radius 3 is 2.04 bits per heavy atom. The molecule has 1 unspecified atom stereocenters. The fourth-order valence-electron chi connectivity index (χ4n) is 2.91. The van der Waals surface area contributed by atoms with Crippen LogP contribution in [-0.4, -0.2) is 23.9 Å². The van der Waals surface area contributed by atoms with E-state index in [9.17, 15) is 14.5 Å². The van der Waals surface area contributed by atoms with Crippen molar-refractivity contribution in [1.29, 1.82) is 0 Å². The van der Waals surface area contributed by atoms with Crippen molar-refractivity contribution in [2.45, 2.75) is 72.6 Å². The molecule has 1 rings (SSSR count). The quantitative estimate of drug-likeness (QED) is 0.567. The number of aryl methyl sites for hydroxylation is 1. The summed E-state index contributed by atoms with van der Waals surface area (Å²) in [7, 11) is -1.14. The third kappa shape index (κ3) is 5.66. The molecule has 0 saturated carbocycles. The van der Waals surface area contributed by atoms with E-state index in [1.165, 1.54) is 14.0 Å². The summed E-state index contributed by atoms with van der Waals surface area (Å²) in [4.78, 5) is 34.0. The minimum Gasteiger partial charge on any atom is -0.465 e. The molecule has 0 bridgehead atoms. The van der Waals surface area contributed by atoms with Crippen LogP contribution in [0, 0.1) is 0 Å². The lowest BCUT2D eigenvalue weighted by atomic mass is 9.75. The Labute approximate surface area is 163 Å². The summed E-state index contributed by atoms with van der Waals surface area (Å²) in [6.45, 7) is 15.1. The molecule has 152 valence electrons. The van der Waals surface area contributed by atoms with Gasteiger partial charge in [-0.2, -0.15) is 0 Å². The molecule has 0 amide bonds. The van der Waals surface area contributed by atoms with Gasteiger partial charge in [-0.25, -0.2) is 4.79 Å². The Balaban J connectivity index is 3.92. The van der Waals surface area contributed by atoms with E-state index in [0.717, 1.165) is 11.1 Å². The molecule has 6 nitrogen and oxygen atoms in total. The standard InChI is InChI=1S/C20H31O6P/c1-10-13-11-14(19(3,4)5)17(26-27(23)25-12(2)21)16(20(6,7)8)15(13)18(22)24-9/h11,23H,10H2,1-9H3. The first-order valence-corrected chi connectivity index (χ1v) is 10.0. The van der Waals surface area contributed by atoms with E-state index in [4.69, 9.17) is 13.8 Å². The van der Waals surface area contributed by atoms with Crippen molar-refractivity contribution in [3.63, 3.8) is 0 Å². The molecule has 0 fully saturated rings. The summed E-state index contributed by atoms with van der Waals surface area (Å²) in [5, 5.41) is 0. The molecule has 0 saturated heterocycles. The normalized spacial score (nSPS) is 13.1. The number of methoxy groups -OCH3 is 1. The maximum atomic E-state index is 12.6. The van der Waals surface area contributed by atoms with Crippen LogP contribution in [0.1, 0.15) is 82.4 Å². The average molecular weight is 398 g/mol. The second kappa shape index (κ2) is 8.57. The van der Waals surface area contributed by atoms with Crippen molar-refractivity contribution in [3.05, 3.63) is 28.3 Å². The molecular formula is C20H31O6P. The van der Waals surface area contributed by atoms with Gasteiger partial charge < -0.3 is 18.7 Å². The summed E-state index contributed by atoms with van der Waals surface area (Å²) in [5.74, 6) is -0.740. The van der Waals surface area contributed by atoms with Crippen LogP contribution in [-0.2, 0) is 31.3 Å². The van der Waals surface area contributed by atoms with Crippen LogP contribution in [0.3, 0.4) is 0 Å². The first-order valence-electron chi connectivity index (χ1n) is 8.88. The van der Waals surface area contributed by atoms with E-state index < -0.39 is 26.0 Å². The predicted molar refractivity (Wildman–Crippen MR) is 106 cm³/mol. The first-order chi connectivity index (χ1) is 12.2. The second-order valence-electron chi connectivity index (χ2n) is 8.42. The van der Waals surface area contributed by atoms with E-state index in [1.807, 2.05) is 54.5 Å². The summed E-state index contributed by atoms with van der Waals surface area (Å²) >= 11 is 0. The van der Waals surface area contributed by atoms with E-state index in [0.29, 0.717) is 23.3 Å². The molecule has 0 heterocycles. The molecule has 0 spiro atoms. The number of hydrogen-bond donors (Lipinski definition) is 1. The van der Waals surface area contributed by atoms with Gasteiger partial charge in [0.2, 0.25) is 0 Å². The molecule has 1 atom stereocenters. The number of esters is 1. The Hall–Kier alpha value is -1.65. The van der Waals surface area contributed by atoms with Crippen LogP contribution < -0.4 is 4.52 Å². The molecule has 0 radical (unpaired) electrons. The van der Waals surface area contributed by atoms with Crippen LogP contribution in [0.4, 0.5) is 0 Å². The largest absolute Gasteiger partial charge is 0.465 e. The SMILES string of the molecule is CCc1cc(C(C)(C)C)c(OP(O)OC(C)=O)c(C(C)(C)C)c1C(=O)OC. The molecule has 27 heavy (non-hydrogen) atoms. The van der Waals surface area contributed by atoms with Crippen LogP contribution in [0.2, 0.25) is 0 Å². The predicted octanol–water partition coefficient (Wildman–Crippen LogP) is 4.79. The fraction of sp³-hybridized carbons (Fsp3) is 0.600. The number of benzene rings is 1. The zero-order chi connectivity index (χ0) is 21.2.